The van der Waals surface area contributed by atoms with E-state index in [-0.39, 0.29) is 31.0 Å². The van der Waals surface area contributed by atoms with Crippen LogP contribution in [0.3, 0.4) is 0 Å². The van der Waals surface area contributed by atoms with Gasteiger partial charge in [-0.05, 0) is 48.5 Å². The minimum absolute atomic E-state index is 0.0404. The normalized spacial score (nSPS) is 16.8. The number of rotatable bonds is 4. The molecule has 7 nitrogen and oxygen atoms in total. The zero-order chi connectivity index (χ0) is 19.5. The fourth-order valence-electron chi connectivity index (χ4n) is 3.15. The molecule has 0 aliphatic carbocycles. The molecule has 0 saturated carbocycles. The average molecular weight is 375 g/mol. The van der Waals surface area contributed by atoms with Gasteiger partial charge in [0.05, 0.1) is 18.2 Å². The smallest absolute Gasteiger partial charge is 0.253 e. The van der Waals surface area contributed by atoms with Crippen molar-refractivity contribution in [1.29, 1.82) is 5.26 Å². The molecule has 1 N–H and O–H groups in total. The maximum atomic E-state index is 12.2. The van der Waals surface area contributed by atoms with E-state index in [0.717, 1.165) is 5.39 Å². The first-order chi connectivity index (χ1) is 13.7. The Labute approximate surface area is 161 Å². The molecular weight excluding hydrogens is 358 g/mol. The standard InChI is InChI=1S/C21H17N3O4/c22-10-14-3-8-19(21-18(14)2-1-9-23-21)28-12-17-11-24(20(26)13-27-17)15-4-6-16(25)7-5-15/h1-9,17,25H,11-13H2. The summed E-state index contributed by atoms with van der Waals surface area (Å²) < 4.78 is 11.5. The quantitative estimate of drug-likeness (QED) is 0.753. The van der Waals surface area contributed by atoms with Crippen LogP contribution in [0.15, 0.2) is 54.7 Å². The Kier molecular flexibility index (Phi) is 4.79. The number of nitriles is 1. The third-order valence-corrected chi connectivity index (χ3v) is 4.57. The minimum Gasteiger partial charge on any atom is -0.508 e. The summed E-state index contributed by atoms with van der Waals surface area (Å²) in [6.45, 7) is 0.534. The van der Waals surface area contributed by atoms with Gasteiger partial charge < -0.3 is 19.5 Å². The predicted molar refractivity (Wildman–Crippen MR) is 102 cm³/mol. The van der Waals surface area contributed by atoms with E-state index in [1.165, 1.54) is 12.1 Å². The number of aromatic nitrogens is 1. The van der Waals surface area contributed by atoms with Crippen LogP contribution < -0.4 is 9.64 Å². The van der Waals surface area contributed by atoms with Gasteiger partial charge in [-0.25, -0.2) is 0 Å². The van der Waals surface area contributed by atoms with Crippen LogP contribution >= 0.6 is 0 Å². The molecule has 2 heterocycles. The number of hydrogen-bond donors (Lipinski definition) is 1. The number of hydrogen-bond acceptors (Lipinski definition) is 6. The van der Waals surface area contributed by atoms with Crippen molar-refractivity contribution < 1.29 is 19.4 Å². The number of phenols is 1. The lowest BCUT2D eigenvalue weighted by molar-refractivity contribution is -0.130. The van der Waals surface area contributed by atoms with Crippen LogP contribution in [0.5, 0.6) is 11.5 Å². The Morgan fingerprint density at radius 3 is 2.86 bits per heavy atom. The molecular formula is C21H17N3O4. The lowest BCUT2D eigenvalue weighted by atomic mass is 10.1. The Morgan fingerprint density at radius 1 is 1.25 bits per heavy atom. The fourth-order valence-corrected chi connectivity index (χ4v) is 3.15. The second-order valence-corrected chi connectivity index (χ2v) is 6.39. The molecule has 1 aliphatic rings. The van der Waals surface area contributed by atoms with Gasteiger partial charge in [0.2, 0.25) is 0 Å². The van der Waals surface area contributed by atoms with E-state index in [1.807, 2.05) is 6.07 Å². The first-order valence-electron chi connectivity index (χ1n) is 8.77. The number of carbonyl (C=O) groups is 1. The van der Waals surface area contributed by atoms with Crippen LogP contribution in [0.4, 0.5) is 5.69 Å². The van der Waals surface area contributed by atoms with Gasteiger partial charge in [-0.15, -0.1) is 0 Å². The molecule has 4 rings (SSSR count). The summed E-state index contributed by atoms with van der Waals surface area (Å²) in [5.41, 5.74) is 1.85. The fraction of sp³-hybridized carbons (Fsp3) is 0.190. The number of amides is 1. The maximum Gasteiger partial charge on any atom is 0.253 e. The van der Waals surface area contributed by atoms with Crippen LogP contribution in [0.2, 0.25) is 0 Å². The molecule has 1 aromatic heterocycles. The van der Waals surface area contributed by atoms with Crippen LogP contribution in [0, 0.1) is 11.3 Å². The van der Waals surface area contributed by atoms with E-state index in [2.05, 4.69) is 11.1 Å². The molecule has 1 atom stereocenters. The molecule has 28 heavy (non-hydrogen) atoms. The first-order valence-corrected chi connectivity index (χ1v) is 8.77. The van der Waals surface area contributed by atoms with E-state index < -0.39 is 0 Å². The third-order valence-electron chi connectivity index (χ3n) is 4.57. The van der Waals surface area contributed by atoms with Crippen molar-refractivity contribution in [2.24, 2.45) is 0 Å². The summed E-state index contributed by atoms with van der Waals surface area (Å²) in [5.74, 6) is 0.559. The molecule has 1 unspecified atom stereocenters. The summed E-state index contributed by atoms with van der Waals surface area (Å²) in [4.78, 5) is 18.2. The number of nitrogens with zero attached hydrogens (tertiary/aromatic N) is 3. The van der Waals surface area contributed by atoms with Crippen molar-refractivity contribution in [3.63, 3.8) is 0 Å². The number of anilines is 1. The van der Waals surface area contributed by atoms with Crippen LogP contribution in [-0.4, -0.2) is 41.9 Å². The van der Waals surface area contributed by atoms with Gasteiger partial charge in [-0.2, -0.15) is 5.26 Å². The number of morpholine rings is 1. The second-order valence-electron chi connectivity index (χ2n) is 6.39. The molecule has 0 radical (unpaired) electrons. The Hall–Kier alpha value is -3.63. The molecule has 7 heteroatoms. The second kappa shape index (κ2) is 7.55. The first kappa shape index (κ1) is 17.8. The summed E-state index contributed by atoms with van der Waals surface area (Å²) in [7, 11) is 0. The Bertz CT molecular complexity index is 1060. The van der Waals surface area contributed by atoms with E-state index in [9.17, 15) is 15.2 Å². The number of aromatic hydroxyl groups is 1. The van der Waals surface area contributed by atoms with Gasteiger partial charge in [-0.3, -0.25) is 9.78 Å². The molecule has 140 valence electrons. The highest BCUT2D eigenvalue weighted by Gasteiger charge is 2.28. The number of fused-ring (bicyclic) bond motifs is 1. The lowest BCUT2D eigenvalue weighted by Crippen LogP contribution is -2.48. The van der Waals surface area contributed by atoms with Crippen molar-refractivity contribution >= 4 is 22.5 Å². The van der Waals surface area contributed by atoms with E-state index in [0.29, 0.717) is 29.1 Å². The van der Waals surface area contributed by atoms with E-state index in [4.69, 9.17) is 9.47 Å². The van der Waals surface area contributed by atoms with Gasteiger partial charge >= 0.3 is 0 Å². The van der Waals surface area contributed by atoms with Gasteiger partial charge in [0.15, 0.2) is 0 Å². The minimum atomic E-state index is -0.319. The number of pyridine rings is 1. The Morgan fingerprint density at radius 2 is 2.07 bits per heavy atom. The SMILES string of the molecule is N#Cc1ccc(OCC2CN(c3ccc(O)cc3)C(=O)CO2)c2ncccc12. The van der Waals surface area contributed by atoms with Crippen molar-refractivity contribution in [3.05, 3.63) is 60.3 Å². The highest BCUT2D eigenvalue weighted by molar-refractivity contribution is 5.95. The number of benzene rings is 2. The number of phenolic OH excluding ortho intramolecular Hbond substituents is 1. The summed E-state index contributed by atoms with van der Waals surface area (Å²) >= 11 is 0. The molecule has 0 spiro atoms. The molecule has 1 amide bonds. The molecule has 1 saturated heterocycles. The van der Waals surface area contributed by atoms with Crippen LogP contribution in [0.25, 0.3) is 10.9 Å². The van der Waals surface area contributed by atoms with Crippen molar-refractivity contribution in [2.75, 3.05) is 24.7 Å². The molecule has 1 fully saturated rings. The van der Waals surface area contributed by atoms with Gasteiger partial charge in [0, 0.05) is 17.3 Å². The molecule has 2 aromatic carbocycles. The third kappa shape index (κ3) is 3.46. The van der Waals surface area contributed by atoms with Gasteiger partial charge in [-0.1, -0.05) is 0 Å². The summed E-state index contributed by atoms with van der Waals surface area (Å²) in [6, 6.07) is 15.6. The topological polar surface area (TPSA) is 95.7 Å². The van der Waals surface area contributed by atoms with Crippen LogP contribution in [0.1, 0.15) is 5.56 Å². The van der Waals surface area contributed by atoms with Crippen molar-refractivity contribution in [1.82, 2.24) is 4.98 Å². The highest BCUT2D eigenvalue weighted by atomic mass is 16.5. The number of ether oxygens (including phenoxy) is 2. The lowest BCUT2D eigenvalue weighted by Gasteiger charge is -2.32. The highest BCUT2D eigenvalue weighted by Crippen LogP contribution is 2.27. The monoisotopic (exact) mass is 375 g/mol. The summed E-state index contributed by atoms with van der Waals surface area (Å²) in [6.07, 6.45) is 1.33. The zero-order valence-corrected chi connectivity index (χ0v) is 14.9. The largest absolute Gasteiger partial charge is 0.508 e. The number of carbonyl (C=O) groups excluding carboxylic acids is 1. The maximum absolute atomic E-state index is 12.2. The van der Waals surface area contributed by atoms with E-state index in [1.54, 1.807) is 41.4 Å². The van der Waals surface area contributed by atoms with E-state index >= 15 is 0 Å². The van der Waals surface area contributed by atoms with Gasteiger partial charge in [0.1, 0.15) is 36.3 Å². The zero-order valence-electron chi connectivity index (χ0n) is 14.9. The molecule has 3 aromatic rings. The van der Waals surface area contributed by atoms with Gasteiger partial charge in [0.25, 0.3) is 5.91 Å². The predicted octanol–water partition coefficient (Wildman–Crippen LogP) is 2.62. The molecule has 0 bridgehead atoms. The van der Waals surface area contributed by atoms with Crippen LogP contribution in [-0.2, 0) is 9.53 Å². The van der Waals surface area contributed by atoms with Crippen molar-refractivity contribution in [3.8, 4) is 17.6 Å². The Balaban J connectivity index is 1.50. The summed E-state index contributed by atoms with van der Waals surface area (Å²) in [5, 5.41) is 19.4. The molecule has 1 aliphatic heterocycles. The average Bonchev–Trinajstić information content (AvgIpc) is 2.73. The van der Waals surface area contributed by atoms with Crippen molar-refractivity contribution in [2.45, 2.75) is 6.10 Å².